The van der Waals surface area contributed by atoms with Crippen molar-refractivity contribution < 1.29 is 13.2 Å². The van der Waals surface area contributed by atoms with E-state index >= 15 is 0 Å². The zero-order chi connectivity index (χ0) is 17.1. The quantitative estimate of drug-likeness (QED) is 0.654. The van der Waals surface area contributed by atoms with Gasteiger partial charge < -0.3 is 11.5 Å². The SMILES string of the molecule is CC(C)CC(C)(CN)NS(=O)(=O)c1cc(Br)cc(C(N)=O)c1. The van der Waals surface area contributed by atoms with Crippen molar-refractivity contribution in [3.8, 4) is 0 Å². The molecule has 0 fully saturated rings. The first-order valence-corrected chi connectivity index (χ1v) is 9.11. The number of carbonyl (C=O) groups excluding carboxylic acids is 1. The second-order valence-electron chi connectivity index (χ2n) is 6.01. The molecule has 0 aliphatic carbocycles. The van der Waals surface area contributed by atoms with Gasteiger partial charge in [-0.3, -0.25) is 4.79 Å². The lowest BCUT2D eigenvalue weighted by Gasteiger charge is -2.30. The molecule has 0 aromatic heterocycles. The van der Waals surface area contributed by atoms with Gasteiger partial charge in [0.05, 0.1) is 4.90 Å². The van der Waals surface area contributed by atoms with Crippen molar-refractivity contribution in [3.63, 3.8) is 0 Å². The van der Waals surface area contributed by atoms with Gasteiger partial charge in [0, 0.05) is 22.1 Å². The highest BCUT2D eigenvalue weighted by atomic mass is 79.9. The van der Waals surface area contributed by atoms with E-state index in [4.69, 9.17) is 11.5 Å². The smallest absolute Gasteiger partial charge is 0.248 e. The van der Waals surface area contributed by atoms with Crippen molar-refractivity contribution in [3.05, 3.63) is 28.2 Å². The molecule has 1 rings (SSSR count). The Bertz CT molecular complexity index is 661. The molecule has 1 aromatic carbocycles. The average Bonchev–Trinajstić information content (AvgIpc) is 2.36. The van der Waals surface area contributed by atoms with Gasteiger partial charge in [-0.1, -0.05) is 29.8 Å². The molecular weight excluding hydrogens is 370 g/mol. The molecule has 0 spiro atoms. The second kappa shape index (κ2) is 7.08. The maximum atomic E-state index is 12.6. The van der Waals surface area contributed by atoms with Crippen LogP contribution in [0.4, 0.5) is 0 Å². The lowest BCUT2D eigenvalue weighted by molar-refractivity contribution is 0.1000. The Balaban J connectivity index is 3.21. The topological polar surface area (TPSA) is 115 Å². The molecule has 5 N–H and O–H groups in total. The summed E-state index contributed by atoms with van der Waals surface area (Å²) in [6, 6.07) is 4.14. The highest BCUT2D eigenvalue weighted by Gasteiger charge is 2.30. The molecule has 0 radical (unpaired) electrons. The highest BCUT2D eigenvalue weighted by molar-refractivity contribution is 9.10. The summed E-state index contributed by atoms with van der Waals surface area (Å²) in [4.78, 5) is 11.3. The van der Waals surface area contributed by atoms with Gasteiger partial charge in [-0.05, 0) is 37.5 Å². The first kappa shape index (κ1) is 19.1. The number of primary amides is 1. The minimum Gasteiger partial charge on any atom is -0.366 e. The summed E-state index contributed by atoms with van der Waals surface area (Å²) in [7, 11) is -3.82. The lowest BCUT2D eigenvalue weighted by Crippen LogP contribution is -2.52. The third-order valence-electron chi connectivity index (χ3n) is 3.16. The van der Waals surface area contributed by atoms with Crippen molar-refractivity contribution in [2.75, 3.05) is 6.54 Å². The van der Waals surface area contributed by atoms with Crippen LogP contribution in [0, 0.1) is 5.92 Å². The van der Waals surface area contributed by atoms with Crippen LogP contribution in [-0.4, -0.2) is 26.4 Å². The van der Waals surface area contributed by atoms with Crippen LogP contribution in [0.3, 0.4) is 0 Å². The molecular formula is C14H22BrN3O3S. The normalized spacial score (nSPS) is 14.8. The average molecular weight is 392 g/mol. The van der Waals surface area contributed by atoms with Gasteiger partial charge in [0.25, 0.3) is 0 Å². The maximum absolute atomic E-state index is 12.6. The summed E-state index contributed by atoms with van der Waals surface area (Å²) in [5.74, 6) is -0.415. The standard InChI is InChI=1S/C14H22BrN3O3S/c1-9(2)7-14(3,8-16)18-22(20,21)12-5-10(13(17)19)4-11(15)6-12/h4-6,9,18H,7-8,16H2,1-3H3,(H2,17,19). The number of rotatable bonds is 7. The third kappa shape index (κ3) is 5.05. The summed E-state index contributed by atoms with van der Waals surface area (Å²) >= 11 is 3.19. The zero-order valence-electron chi connectivity index (χ0n) is 12.9. The van der Waals surface area contributed by atoms with Crippen molar-refractivity contribution in [1.29, 1.82) is 0 Å². The Morgan fingerprint density at radius 1 is 1.36 bits per heavy atom. The molecule has 1 atom stereocenters. The Hall–Kier alpha value is -0.960. The van der Waals surface area contributed by atoms with Crippen LogP contribution in [0.25, 0.3) is 0 Å². The fourth-order valence-corrected chi connectivity index (χ4v) is 4.45. The van der Waals surface area contributed by atoms with E-state index in [1.165, 1.54) is 18.2 Å². The minimum atomic E-state index is -3.82. The molecule has 0 saturated carbocycles. The monoisotopic (exact) mass is 391 g/mol. The van der Waals surface area contributed by atoms with E-state index in [1.807, 2.05) is 13.8 Å². The minimum absolute atomic E-state index is 0.0286. The summed E-state index contributed by atoms with van der Waals surface area (Å²) in [5.41, 5.74) is 10.3. The highest BCUT2D eigenvalue weighted by Crippen LogP contribution is 2.23. The summed E-state index contributed by atoms with van der Waals surface area (Å²) in [6.07, 6.45) is 0.597. The molecule has 0 bridgehead atoms. The maximum Gasteiger partial charge on any atom is 0.248 e. The van der Waals surface area contributed by atoms with Crippen LogP contribution in [0.5, 0.6) is 0 Å². The van der Waals surface area contributed by atoms with E-state index in [0.717, 1.165) is 0 Å². The molecule has 0 heterocycles. The van der Waals surface area contributed by atoms with Gasteiger partial charge in [0.15, 0.2) is 0 Å². The van der Waals surface area contributed by atoms with E-state index < -0.39 is 21.5 Å². The van der Waals surface area contributed by atoms with Gasteiger partial charge in [0.2, 0.25) is 15.9 Å². The van der Waals surface area contributed by atoms with Crippen molar-refractivity contribution in [2.24, 2.45) is 17.4 Å². The molecule has 124 valence electrons. The van der Waals surface area contributed by atoms with Gasteiger partial charge in [-0.2, -0.15) is 0 Å². The molecule has 8 heteroatoms. The van der Waals surface area contributed by atoms with Crippen LogP contribution in [0.2, 0.25) is 0 Å². The molecule has 6 nitrogen and oxygen atoms in total. The van der Waals surface area contributed by atoms with Crippen molar-refractivity contribution >= 4 is 31.9 Å². The number of nitrogens with one attached hydrogen (secondary N) is 1. The fourth-order valence-electron chi connectivity index (χ4n) is 2.31. The Kier molecular flexibility index (Phi) is 6.14. The number of hydrogen-bond donors (Lipinski definition) is 3. The van der Waals surface area contributed by atoms with Crippen molar-refractivity contribution in [1.82, 2.24) is 4.72 Å². The predicted octanol–water partition coefficient (Wildman–Crippen LogP) is 1.59. The van der Waals surface area contributed by atoms with Crippen molar-refractivity contribution in [2.45, 2.75) is 37.6 Å². The first-order valence-electron chi connectivity index (χ1n) is 6.83. The number of nitrogens with two attached hydrogens (primary N) is 2. The summed E-state index contributed by atoms with van der Waals surface area (Å²) < 4.78 is 28.2. The Labute approximate surface area is 139 Å². The number of benzene rings is 1. The Morgan fingerprint density at radius 2 is 1.95 bits per heavy atom. The second-order valence-corrected chi connectivity index (χ2v) is 8.61. The van der Waals surface area contributed by atoms with Crippen LogP contribution in [0.1, 0.15) is 37.6 Å². The van der Waals surface area contributed by atoms with E-state index in [9.17, 15) is 13.2 Å². The van der Waals surface area contributed by atoms with Crippen LogP contribution < -0.4 is 16.2 Å². The molecule has 22 heavy (non-hydrogen) atoms. The van der Waals surface area contributed by atoms with Gasteiger partial charge >= 0.3 is 0 Å². The summed E-state index contributed by atoms with van der Waals surface area (Å²) in [6.45, 7) is 5.91. The number of carbonyl (C=O) groups is 1. The van der Waals surface area contributed by atoms with E-state index in [1.54, 1.807) is 6.92 Å². The van der Waals surface area contributed by atoms with E-state index in [0.29, 0.717) is 10.9 Å². The van der Waals surface area contributed by atoms with Crippen LogP contribution >= 0.6 is 15.9 Å². The number of amides is 1. The zero-order valence-corrected chi connectivity index (χ0v) is 15.3. The fraction of sp³-hybridized carbons (Fsp3) is 0.500. The third-order valence-corrected chi connectivity index (χ3v) is 5.23. The molecule has 1 unspecified atom stereocenters. The molecule has 1 amide bonds. The predicted molar refractivity (Wildman–Crippen MR) is 89.9 cm³/mol. The van der Waals surface area contributed by atoms with Crippen LogP contribution in [0.15, 0.2) is 27.6 Å². The molecule has 0 aliphatic heterocycles. The van der Waals surface area contributed by atoms with Gasteiger partial charge in [0.1, 0.15) is 0 Å². The Morgan fingerprint density at radius 3 is 2.41 bits per heavy atom. The van der Waals surface area contributed by atoms with Gasteiger partial charge in [-0.25, -0.2) is 13.1 Å². The molecule has 1 aromatic rings. The first-order chi connectivity index (χ1) is 9.99. The van der Waals surface area contributed by atoms with Gasteiger partial charge in [-0.15, -0.1) is 0 Å². The summed E-state index contributed by atoms with van der Waals surface area (Å²) in [5, 5.41) is 0. The van der Waals surface area contributed by atoms with E-state index in [2.05, 4.69) is 20.7 Å². The largest absolute Gasteiger partial charge is 0.366 e. The molecule has 0 aliphatic rings. The number of sulfonamides is 1. The number of hydrogen-bond acceptors (Lipinski definition) is 4. The molecule has 0 saturated heterocycles. The van der Waals surface area contributed by atoms with Crippen LogP contribution in [-0.2, 0) is 10.0 Å². The lowest BCUT2D eigenvalue weighted by atomic mass is 9.92. The number of halogens is 1. The van der Waals surface area contributed by atoms with E-state index in [-0.39, 0.29) is 22.9 Å².